The smallest absolute Gasteiger partial charge is 0.255 e. The summed E-state index contributed by atoms with van der Waals surface area (Å²) in [5, 5.41) is 4.90. The van der Waals surface area contributed by atoms with E-state index >= 15 is 0 Å². The predicted octanol–water partition coefficient (Wildman–Crippen LogP) is 5.92. The first-order valence-corrected chi connectivity index (χ1v) is 11.9. The van der Waals surface area contributed by atoms with Crippen LogP contribution in [0.15, 0.2) is 60.0 Å². The summed E-state index contributed by atoms with van der Waals surface area (Å²) >= 11 is 1.73. The molecule has 0 atom stereocenters. The zero-order chi connectivity index (χ0) is 23.8. The van der Waals surface area contributed by atoms with Gasteiger partial charge in [0.1, 0.15) is 5.82 Å². The van der Waals surface area contributed by atoms with Crippen LogP contribution in [0, 0.1) is 11.6 Å². The van der Waals surface area contributed by atoms with Crippen LogP contribution in [0.2, 0.25) is 0 Å². The first-order chi connectivity index (χ1) is 15.9. The van der Waals surface area contributed by atoms with E-state index in [1.165, 1.54) is 6.07 Å². The van der Waals surface area contributed by atoms with Crippen molar-refractivity contribution in [1.29, 1.82) is 0 Å². The summed E-state index contributed by atoms with van der Waals surface area (Å²) in [7, 11) is 3.81. The maximum atomic E-state index is 13.5. The van der Waals surface area contributed by atoms with Crippen LogP contribution in [0.3, 0.4) is 0 Å². The third kappa shape index (κ3) is 6.48. The van der Waals surface area contributed by atoms with E-state index in [4.69, 9.17) is 0 Å². The number of hydrogen-bond donors (Lipinski definition) is 1. The van der Waals surface area contributed by atoms with E-state index in [0.29, 0.717) is 17.7 Å². The Morgan fingerprint density at radius 2 is 1.82 bits per heavy atom. The van der Waals surface area contributed by atoms with E-state index in [2.05, 4.69) is 34.3 Å². The van der Waals surface area contributed by atoms with Gasteiger partial charge in [0, 0.05) is 32.9 Å². The Labute approximate surface area is 198 Å². The van der Waals surface area contributed by atoms with E-state index in [1.807, 2.05) is 49.3 Å². The Hall–Kier alpha value is -3.06. The molecule has 2 aromatic carbocycles. The lowest BCUT2D eigenvalue weighted by molar-refractivity contribution is 0.0951. The highest BCUT2D eigenvalue weighted by Gasteiger charge is 2.21. The minimum Gasteiger partial charge on any atom is -0.363 e. The lowest BCUT2D eigenvalue weighted by atomic mass is 10.2. The highest BCUT2D eigenvalue weighted by Crippen LogP contribution is 2.27. The molecule has 0 fully saturated rings. The number of nitrogens with zero attached hydrogens (tertiary/aromatic N) is 2. The summed E-state index contributed by atoms with van der Waals surface area (Å²) in [6, 6.07) is 15.6. The number of aromatic nitrogens is 1. The molecule has 3 rings (SSSR count). The first kappa shape index (κ1) is 24.6. The van der Waals surface area contributed by atoms with Gasteiger partial charge in [0.15, 0.2) is 11.6 Å². The van der Waals surface area contributed by atoms with Crippen LogP contribution in [0.4, 0.5) is 14.6 Å². The second-order valence-corrected chi connectivity index (χ2v) is 8.89. The van der Waals surface area contributed by atoms with Crippen LogP contribution in [0.25, 0.3) is 6.08 Å². The number of rotatable bonds is 10. The molecule has 0 bridgehead atoms. The minimum absolute atomic E-state index is 0.101. The van der Waals surface area contributed by atoms with Crippen molar-refractivity contribution in [1.82, 2.24) is 9.88 Å². The molecule has 4 nitrogen and oxygen atoms in total. The minimum atomic E-state index is -0.929. The third-order valence-electron chi connectivity index (χ3n) is 5.05. The number of thioether (sulfide) groups is 1. The van der Waals surface area contributed by atoms with Crippen LogP contribution >= 0.6 is 11.8 Å². The third-order valence-corrected chi connectivity index (χ3v) is 6.02. The average Bonchev–Trinajstić information content (AvgIpc) is 3.16. The highest BCUT2D eigenvalue weighted by molar-refractivity contribution is 8.02. The molecule has 1 N–H and O–H groups in total. The number of halogens is 2. The molecule has 0 aliphatic heterocycles. The van der Waals surface area contributed by atoms with Crippen molar-refractivity contribution in [3.8, 4) is 0 Å². The Morgan fingerprint density at radius 3 is 2.48 bits per heavy atom. The molecule has 7 heteroatoms. The fourth-order valence-electron chi connectivity index (χ4n) is 3.51. The molecule has 3 aromatic rings. The maximum Gasteiger partial charge on any atom is 0.255 e. The topological polar surface area (TPSA) is 37.3 Å². The molecule has 0 unspecified atom stereocenters. The fourth-order valence-corrected chi connectivity index (χ4v) is 4.12. The Kier molecular flexibility index (Phi) is 8.72. The van der Waals surface area contributed by atoms with E-state index in [1.54, 1.807) is 11.8 Å². The van der Waals surface area contributed by atoms with E-state index in [9.17, 15) is 13.6 Å². The Balaban J connectivity index is 1.92. The molecular formula is C26H29F2N3OS. The average molecular weight is 470 g/mol. The van der Waals surface area contributed by atoms with Crippen molar-refractivity contribution in [3.05, 3.63) is 94.0 Å². The van der Waals surface area contributed by atoms with Crippen molar-refractivity contribution in [2.75, 3.05) is 24.7 Å². The standard InChI is InChI=1S/C26H29F2N3OS/c1-4-13-33-14-12-21-16-22(25(32)29-17-20-10-11-23(27)24(28)15-20)26(30(2)3)31(21)18-19-8-6-5-7-9-19/h5-12,14-16H,4,13,17-18H2,1-3H3,(H,29,32)/b14-12+. The van der Waals surface area contributed by atoms with Gasteiger partial charge in [0.25, 0.3) is 5.91 Å². The number of benzene rings is 2. The Bertz CT molecular complexity index is 1110. The van der Waals surface area contributed by atoms with Crippen molar-refractivity contribution in [3.63, 3.8) is 0 Å². The van der Waals surface area contributed by atoms with Crippen LogP contribution in [0.1, 0.15) is 40.5 Å². The van der Waals surface area contributed by atoms with Gasteiger partial charge in [0.05, 0.1) is 5.56 Å². The molecule has 1 amide bonds. The monoisotopic (exact) mass is 469 g/mol. The largest absolute Gasteiger partial charge is 0.363 e. The molecule has 1 aromatic heterocycles. The van der Waals surface area contributed by atoms with Crippen molar-refractivity contribution in [2.45, 2.75) is 26.4 Å². The molecule has 1 heterocycles. The van der Waals surface area contributed by atoms with Crippen LogP contribution in [0.5, 0.6) is 0 Å². The molecule has 0 spiro atoms. The summed E-state index contributed by atoms with van der Waals surface area (Å²) < 4.78 is 28.8. The molecule has 0 aliphatic carbocycles. The van der Waals surface area contributed by atoms with Crippen LogP contribution in [-0.4, -0.2) is 30.3 Å². The first-order valence-electron chi connectivity index (χ1n) is 10.9. The van der Waals surface area contributed by atoms with E-state index < -0.39 is 11.6 Å². The highest BCUT2D eigenvalue weighted by atomic mass is 32.2. The molecular weight excluding hydrogens is 440 g/mol. The normalized spacial score (nSPS) is 11.2. The van der Waals surface area contributed by atoms with Crippen molar-refractivity contribution in [2.24, 2.45) is 0 Å². The molecule has 33 heavy (non-hydrogen) atoms. The number of hydrogen-bond acceptors (Lipinski definition) is 3. The van der Waals surface area contributed by atoms with Gasteiger partial charge in [-0.1, -0.05) is 43.3 Å². The summed E-state index contributed by atoms with van der Waals surface area (Å²) in [4.78, 5) is 15.1. The molecule has 0 saturated heterocycles. The number of carbonyl (C=O) groups excluding carboxylic acids is 1. The summed E-state index contributed by atoms with van der Waals surface area (Å²) in [5.74, 6) is -0.303. The molecule has 0 radical (unpaired) electrons. The van der Waals surface area contributed by atoms with Gasteiger partial charge in [-0.05, 0) is 53.0 Å². The van der Waals surface area contributed by atoms with Gasteiger partial charge in [-0.3, -0.25) is 4.79 Å². The molecule has 0 aliphatic rings. The lowest BCUT2D eigenvalue weighted by Gasteiger charge is -2.20. The van der Waals surface area contributed by atoms with E-state index in [-0.39, 0.29) is 12.5 Å². The summed E-state index contributed by atoms with van der Waals surface area (Å²) in [5.41, 5.74) is 3.07. The van der Waals surface area contributed by atoms with Gasteiger partial charge in [-0.15, -0.1) is 11.8 Å². The second-order valence-electron chi connectivity index (χ2n) is 7.88. The van der Waals surface area contributed by atoms with Crippen molar-refractivity contribution < 1.29 is 13.6 Å². The maximum absolute atomic E-state index is 13.5. The van der Waals surface area contributed by atoms with Gasteiger partial charge >= 0.3 is 0 Å². The molecule has 0 saturated carbocycles. The number of amides is 1. The van der Waals surface area contributed by atoms with Gasteiger partial charge in [-0.25, -0.2) is 8.78 Å². The molecule has 174 valence electrons. The van der Waals surface area contributed by atoms with E-state index in [0.717, 1.165) is 41.4 Å². The quantitative estimate of drug-likeness (QED) is 0.374. The fraction of sp³-hybridized carbons (Fsp3) is 0.269. The number of carbonyl (C=O) groups is 1. The SMILES string of the molecule is CCCS/C=C/c1cc(C(=O)NCc2ccc(F)c(F)c2)c(N(C)C)n1Cc1ccccc1. The number of anilines is 1. The zero-order valence-electron chi connectivity index (χ0n) is 19.1. The van der Waals surface area contributed by atoms with Gasteiger partial charge in [-0.2, -0.15) is 0 Å². The van der Waals surface area contributed by atoms with Gasteiger partial charge < -0.3 is 14.8 Å². The van der Waals surface area contributed by atoms with Gasteiger partial charge in [0.2, 0.25) is 0 Å². The summed E-state index contributed by atoms with van der Waals surface area (Å²) in [6.45, 7) is 2.85. The summed E-state index contributed by atoms with van der Waals surface area (Å²) in [6.07, 6.45) is 3.11. The van der Waals surface area contributed by atoms with Crippen LogP contribution < -0.4 is 10.2 Å². The van der Waals surface area contributed by atoms with Crippen LogP contribution in [-0.2, 0) is 13.1 Å². The lowest BCUT2D eigenvalue weighted by Crippen LogP contribution is -2.26. The number of nitrogens with one attached hydrogen (secondary N) is 1. The zero-order valence-corrected chi connectivity index (χ0v) is 20.0. The second kappa shape index (κ2) is 11.7. The predicted molar refractivity (Wildman–Crippen MR) is 134 cm³/mol. The Morgan fingerprint density at radius 1 is 1.06 bits per heavy atom. The van der Waals surface area contributed by atoms with Crippen molar-refractivity contribution >= 4 is 29.6 Å².